The van der Waals surface area contributed by atoms with Crippen LogP contribution in [-0.4, -0.2) is 55.4 Å². The highest BCUT2D eigenvalue weighted by Crippen LogP contribution is 2.35. The summed E-state index contributed by atoms with van der Waals surface area (Å²) in [5.74, 6) is -0.277. The first-order chi connectivity index (χ1) is 14.0. The fourth-order valence-corrected chi connectivity index (χ4v) is 5.10. The van der Waals surface area contributed by atoms with E-state index < -0.39 is 0 Å². The number of ether oxygens (including phenoxy) is 1. The molecule has 2 amide bonds. The molecule has 0 spiro atoms. The van der Waals surface area contributed by atoms with Gasteiger partial charge in [0.15, 0.2) is 0 Å². The van der Waals surface area contributed by atoms with Crippen molar-refractivity contribution in [2.45, 2.75) is 39.2 Å². The second kappa shape index (κ2) is 9.67. The van der Waals surface area contributed by atoms with E-state index in [1.807, 2.05) is 18.0 Å². The van der Waals surface area contributed by atoms with Gasteiger partial charge in [0.1, 0.15) is 5.82 Å². The second-order valence-electron chi connectivity index (χ2n) is 7.64. The largest absolute Gasteiger partial charge is 0.380 e. The van der Waals surface area contributed by atoms with Crippen molar-refractivity contribution in [1.29, 1.82) is 0 Å². The molecule has 158 valence electrons. The van der Waals surface area contributed by atoms with Crippen LogP contribution in [-0.2, 0) is 16.1 Å². The molecule has 5 nitrogen and oxygen atoms in total. The molecule has 0 saturated carbocycles. The van der Waals surface area contributed by atoms with Crippen molar-refractivity contribution >= 4 is 33.2 Å². The van der Waals surface area contributed by atoms with Crippen molar-refractivity contribution in [3.8, 4) is 0 Å². The van der Waals surface area contributed by atoms with E-state index in [0.717, 1.165) is 24.1 Å². The molecule has 29 heavy (non-hydrogen) atoms. The van der Waals surface area contributed by atoms with Gasteiger partial charge in [-0.05, 0) is 31.4 Å². The van der Waals surface area contributed by atoms with Gasteiger partial charge in [-0.2, -0.15) is 0 Å². The zero-order valence-corrected chi connectivity index (χ0v) is 18.2. The summed E-state index contributed by atoms with van der Waals surface area (Å²) in [7, 11) is 3.41. The Kier molecular flexibility index (Phi) is 7.24. The molecule has 7 heteroatoms. The Morgan fingerprint density at radius 1 is 1.31 bits per heavy atom. The third-order valence-electron chi connectivity index (χ3n) is 5.60. The van der Waals surface area contributed by atoms with Gasteiger partial charge in [-0.25, -0.2) is 4.39 Å². The van der Waals surface area contributed by atoms with Crippen LogP contribution in [0, 0.1) is 11.7 Å². The van der Waals surface area contributed by atoms with Gasteiger partial charge < -0.3 is 14.5 Å². The topological polar surface area (TPSA) is 49.9 Å². The minimum atomic E-state index is -0.329. The van der Waals surface area contributed by atoms with Crippen molar-refractivity contribution < 1.29 is 18.7 Å². The molecule has 1 fully saturated rings. The zero-order valence-electron chi connectivity index (χ0n) is 17.4. The summed E-state index contributed by atoms with van der Waals surface area (Å²) in [6, 6.07) is 4.90. The summed E-state index contributed by atoms with van der Waals surface area (Å²) in [6.45, 7) is 4.17. The van der Waals surface area contributed by atoms with Gasteiger partial charge in [0.25, 0.3) is 5.91 Å². The summed E-state index contributed by atoms with van der Waals surface area (Å²) >= 11 is 1.31. The second-order valence-corrected chi connectivity index (χ2v) is 8.69. The minimum absolute atomic E-state index is 0.0285. The Labute approximate surface area is 175 Å². The Balaban J connectivity index is 1.72. The monoisotopic (exact) mass is 420 g/mol. The molecule has 0 unspecified atom stereocenters. The van der Waals surface area contributed by atoms with E-state index in [1.54, 1.807) is 18.1 Å². The number of carbonyl (C=O) groups is 2. The van der Waals surface area contributed by atoms with Crippen LogP contribution in [0.3, 0.4) is 0 Å². The minimum Gasteiger partial charge on any atom is -0.380 e. The van der Waals surface area contributed by atoms with E-state index >= 15 is 0 Å². The van der Waals surface area contributed by atoms with Crippen LogP contribution in [0.5, 0.6) is 0 Å². The molecule has 1 saturated heterocycles. The molecular weight excluding hydrogens is 391 g/mol. The Bertz CT molecular complexity index is 874. The molecule has 2 heterocycles. The van der Waals surface area contributed by atoms with Crippen molar-refractivity contribution in [3.05, 3.63) is 34.5 Å². The molecular formula is C22H29FN2O3S. The molecule has 1 aromatic heterocycles. The quantitative estimate of drug-likeness (QED) is 0.671. The highest BCUT2D eigenvalue weighted by atomic mass is 32.1. The number of rotatable bonds is 7. The zero-order chi connectivity index (χ0) is 21.0. The normalized spacial score (nSPS) is 15.1. The number of unbranched alkanes of at least 4 members (excludes halogenated alkanes) is 1. The summed E-state index contributed by atoms with van der Waals surface area (Å²) in [6.07, 6.45) is 3.40. The number of methoxy groups -OCH3 is 1. The highest BCUT2D eigenvalue weighted by Gasteiger charge is 2.31. The van der Waals surface area contributed by atoms with Crippen LogP contribution in [0.2, 0.25) is 0 Å². The number of fused-ring (bicyclic) bond motifs is 1. The summed E-state index contributed by atoms with van der Waals surface area (Å²) < 4.78 is 20.4. The van der Waals surface area contributed by atoms with E-state index in [1.165, 1.54) is 17.4 Å². The lowest BCUT2D eigenvalue weighted by molar-refractivity contribution is -0.135. The average Bonchev–Trinajstić information content (AvgIpc) is 3.11. The van der Waals surface area contributed by atoms with Crippen LogP contribution < -0.4 is 0 Å². The molecule has 2 aromatic rings. The number of amides is 2. The Hall–Kier alpha value is -1.99. The maximum Gasteiger partial charge on any atom is 0.264 e. The molecule has 0 radical (unpaired) electrons. The summed E-state index contributed by atoms with van der Waals surface area (Å²) in [5, 5.41) is 0.477. The lowest BCUT2D eigenvalue weighted by Crippen LogP contribution is -2.43. The SMILES string of the molecule is CCCCN(C)C(=O)C1CCN(C(=O)c2sc3cccc(F)c3c2COC)CC1. The van der Waals surface area contributed by atoms with Gasteiger partial charge in [0, 0.05) is 55.4 Å². The number of carbonyl (C=O) groups excluding carboxylic acids is 2. The van der Waals surface area contributed by atoms with Gasteiger partial charge in [-0.3, -0.25) is 9.59 Å². The Morgan fingerprint density at radius 2 is 2.03 bits per heavy atom. The van der Waals surface area contributed by atoms with E-state index in [0.29, 0.717) is 41.8 Å². The number of benzene rings is 1. The number of hydrogen-bond donors (Lipinski definition) is 0. The number of hydrogen-bond acceptors (Lipinski definition) is 4. The molecule has 1 aliphatic rings. The molecule has 0 bridgehead atoms. The predicted octanol–water partition coefficient (Wildman–Crippen LogP) is 4.30. The van der Waals surface area contributed by atoms with Crippen molar-refractivity contribution in [1.82, 2.24) is 9.80 Å². The third kappa shape index (κ3) is 4.61. The average molecular weight is 421 g/mol. The fourth-order valence-electron chi connectivity index (χ4n) is 3.91. The van der Waals surface area contributed by atoms with Crippen LogP contribution in [0.4, 0.5) is 4.39 Å². The van der Waals surface area contributed by atoms with E-state index in [2.05, 4.69) is 6.92 Å². The number of likely N-dealkylation sites (tertiary alicyclic amines) is 1. The van der Waals surface area contributed by atoms with Crippen molar-refractivity contribution in [3.63, 3.8) is 0 Å². The van der Waals surface area contributed by atoms with Crippen LogP contribution in [0.1, 0.15) is 47.8 Å². The van der Waals surface area contributed by atoms with Gasteiger partial charge in [-0.15, -0.1) is 11.3 Å². The van der Waals surface area contributed by atoms with Gasteiger partial charge in [0.05, 0.1) is 11.5 Å². The Morgan fingerprint density at radius 3 is 2.69 bits per heavy atom. The van der Waals surface area contributed by atoms with Crippen LogP contribution >= 0.6 is 11.3 Å². The number of thiophene rings is 1. The standard InChI is InChI=1S/C22H29FN2O3S/c1-4-5-11-24(2)21(26)15-9-12-25(13-10-15)22(27)20-16(14-28-3)19-17(23)7-6-8-18(19)29-20/h6-8,15H,4-5,9-14H2,1-3H3. The summed E-state index contributed by atoms with van der Waals surface area (Å²) in [5.41, 5.74) is 0.619. The molecule has 0 atom stereocenters. The molecule has 1 aliphatic heterocycles. The van der Waals surface area contributed by atoms with Crippen LogP contribution in [0.25, 0.3) is 10.1 Å². The van der Waals surface area contributed by atoms with Gasteiger partial charge in [0.2, 0.25) is 5.91 Å². The molecule has 3 rings (SSSR count). The lowest BCUT2D eigenvalue weighted by Gasteiger charge is -2.33. The lowest BCUT2D eigenvalue weighted by atomic mass is 9.95. The van der Waals surface area contributed by atoms with Crippen LogP contribution in [0.15, 0.2) is 18.2 Å². The number of nitrogens with zero attached hydrogens (tertiary/aromatic N) is 2. The first kappa shape index (κ1) is 21.7. The van der Waals surface area contributed by atoms with Gasteiger partial charge >= 0.3 is 0 Å². The van der Waals surface area contributed by atoms with E-state index in [9.17, 15) is 14.0 Å². The van der Waals surface area contributed by atoms with E-state index in [4.69, 9.17) is 4.74 Å². The van der Waals surface area contributed by atoms with Gasteiger partial charge in [-0.1, -0.05) is 19.4 Å². The number of halogens is 1. The maximum atomic E-state index is 14.4. The molecule has 0 N–H and O–H groups in total. The van der Waals surface area contributed by atoms with Crippen molar-refractivity contribution in [2.75, 3.05) is 33.8 Å². The smallest absolute Gasteiger partial charge is 0.264 e. The first-order valence-corrected chi connectivity index (χ1v) is 11.0. The van der Waals surface area contributed by atoms with E-state index in [-0.39, 0.29) is 30.2 Å². The fraction of sp³-hybridized carbons (Fsp3) is 0.545. The molecule has 0 aliphatic carbocycles. The number of piperidine rings is 1. The maximum absolute atomic E-state index is 14.4. The molecule has 1 aromatic carbocycles. The first-order valence-electron chi connectivity index (χ1n) is 10.2. The predicted molar refractivity (Wildman–Crippen MR) is 114 cm³/mol. The van der Waals surface area contributed by atoms with Crippen molar-refractivity contribution in [2.24, 2.45) is 5.92 Å². The highest BCUT2D eigenvalue weighted by molar-refractivity contribution is 7.21. The summed E-state index contributed by atoms with van der Waals surface area (Å²) in [4.78, 5) is 29.9. The third-order valence-corrected chi connectivity index (χ3v) is 6.79.